The van der Waals surface area contributed by atoms with Crippen molar-refractivity contribution in [2.45, 2.75) is 23.8 Å². The van der Waals surface area contributed by atoms with Crippen LogP contribution in [-0.4, -0.2) is 32.5 Å². The zero-order chi connectivity index (χ0) is 16.3. The van der Waals surface area contributed by atoms with Crippen LogP contribution in [0, 0.1) is 11.3 Å². The normalized spacial score (nSPS) is 18.0. The highest BCUT2D eigenvalue weighted by atomic mass is 32.2. The van der Waals surface area contributed by atoms with Crippen molar-refractivity contribution in [1.29, 1.82) is 5.26 Å². The maximum atomic E-state index is 12.5. The highest BCUT2D eigenvalue weighted by Gasteiger charge is 2.28. The van der Waals surface area contributed by atoms with Gasteiger partial charge in [-0.05, 0) is 25.0 Å². The van der Waals surface area contributed by atoms with Gasteiger partial charge in [-0.15, -0.1) is 11.3 Å². The summed E-state index contributed by atoms with van der Waals surface area (Å²) in [6.45, 7) is 1.19. The lowest BCUT2D eigenvalue weighted by Crippen LogP contribution is -2.40. The van der Waals surface area contributed by atoms with E-state index in [2.05, 4.69) is 14.6 Å². The molecule has 0 aliphatic carbocycles. The SMILES string of the molecule is N#Cc1ccccc1S(=O)(=O)NCC1CCCN1c1nccs1. The summed E-state index contributed by atoms with van der Waals surface area (Å²) < 4.78 is 27.6. The molecule has 120 valence electrons. The van der Waals surface area contributed by atoms with E-state index in [0.717, 1.165) is 24.5 Å². The molecule has 0 spiro atoms. The third-order valence-electron chi connectivity index (χ3n) is 3.85. The second-order valence-electron chi connectivity index (χ2n) is 5.26. The van der Waals surface area contributed by atoms with Crippen molar-refractivity contribution in [2.24, 2.45) is 0 Å². The molecule has 0 amide bonds. The quantitative estimate of drug-likeness (QED) is 0.893. The molecule has 1 saturated heterocycles. The zero-order valence-corrected chi connectivity index (χ0v) is 14.0. The fourth-order valence-corrected chi connectivity index (χ4v) is 4.70. The Kier molecular flexibility index (Phi) is 4.61. The number of hydrogen-bond acceptors (Lipinski definition) is 6. The van der Waals surface area contributed by atoms with E-state index in [-0.39, 0.29) is 16.5 Å². The van der Waals surface area contributed by atoms with Gasteiger partial charge in [-0.1, -0.05) is 12.1 Å². The third kappa shape index (κ3) is 3.37. The monoisotopic (exact) mass is 348 g/mol. The molecular formula is C15H16N4O2S2. The van der Waals surface area contributed by atoms with Crippen molar-refractivity contribution < 1.29 is 8.42 Å². The molecule has 1 aliphatic rings. The van der Waals surface area contributed by atoms with Gasteiger partial charge < -0.3 is 4.90 Å². The molecule has 0 radical (unpaired) electrons. The Balaban J connectivity index is 1.73. The molecule has 6 nitrogen and oxygen atoms in total. The number of anilines is 1. The molecule has 2 heterocycles. The number of nitriles is 1. The number of nitrogens with one attached hydrogen (secondary N) is 1. The fourth-order valence-electron chi connectivity index (χ4n) is 2.73. The van der Waals surface area contributed by atoms with E-state index in [0.29, 0.717) is 6.54 Å². The van der Waals surface area contributed by atoms with Gasteiger partial charge in [-0.2, -0.15) is 5.26 Å². The number of thiazole rings is 1. The van der Waals surface area contributed by atoms with Gasteiger partial charge in [0.25, 0.3) is 0 Å². The Labute approximate surface area is 139 Å². The third-order valence-corrected chi connectivity index (χ3v) is 6.14. The molecule has 3 rings (SSSR count). The van der Waals surface area contributed by atoms with Gasteiger partial charge in [0.05, 0.1) is 10.5 Å². The number of rotatable bonds is 5. The van der Waals surface area contributed by atoms with Crippen molar-refractivity contribution in [2.75, 3.05) is 18.0 Å². The summed E-state index contributed by atoms with van der Waals surface area (Å²) >= 11 is 1.55. The Morgan fingerprint density at radius 2 is 2.26 bits per heavy atom. The van der Waals surface area contributed by atoms with Gasteiger partial charge in [0.2, 0.25) is 10.0 Å². The molecule has 1 fully saturated rings. The van der Waals surface area contributed by atoms with Crippen LogP contribution in [0.4, 0.5) is 5.13 Å². The predicted molar refractivity (Wildman–Crippen MR) is 88.8 cm³/mol. The van der Waals surface area contributed by atoms with Gasteiger partial charge >= 0.3 is 0 Å². The summed E-state index contributed by atoms with van der Waals surface area (Å²) in [7, 11) is -3.70. The summed E-state index contributed by atoms with van der Waals surface area (Å²) in [5.74, 6) is 0. The maximum Gasteiger partial charge on any atom is 0.241 e. The first-order chi connectivity index (χ1) is 11.1. The van der Waals surface area contributed by atoms with Gasteiger partial charge in [-0.25, -0.2) is 18.1 Å². The van der Waals surface area contributed by atoms with Crippen molar-refractivity contribution in [1.82, 2.24) is 9.71 Å². The Morgan fingerprint density at radius 3 is 3.00 bits per heavy atom. The average molecular weight is 348 g/mol. The average Bonchev–Trinajstić information content (AvgIpc) is 3.23. The molecule has 8 heteroatoms. The Morgan fingerprint density at radius 1 is 1.43 bits per heavy atom. The highest BCUT2D eigenvalue weighted by Crippen LogP contribution is 2.27. The molecule has 0 bridgehead atoms. The van der Waals surface area contributed by atoms with E-state index >= 15 is 0 Å². The van der Waals surface area contributed by atoms with E-state index in [4.69, 9.17) is 5.26 Å². The largest absolute Gasteiger partial charge is 0.344 e. The predicted octanol–water partition coefficient (Wildman–Crippen LogP) is 1.96. The van der Waals surface area contributed by atoms with Crippen LogP contribution >= 0.6 is 11.3 Å². The number of benzene rings is 1. The van der Waals surface area contributed by atoms with Crippen LogP contribution < -0.4 is 9.62 Å². The number of hydrogen-bond donors (Lipinski definition) is 1. The number of aromatic nitrogens is 1. The summed E-state index contributed by atoms with van der Waals surface area (Å²) in [6.07, 6.45) is 3.69. The summed E-state index contributed by atoms with van der Waals surface area (Å²) in [5, 5.41) is 11.9. The lowest BCUT2D eigenvalue weighted by atomic mass is 10.2. The second-order valence-corrected chi connectivity index (χ2v) is 7.87. The second kappa shape index (κ2) is 6.66. The number of sulfonamides is 1. The molecule has 1 aromatic heterocycles. The standard InChI is InChI=1S/C15H16N4O2S2/c16-10-12-4-1-2-6-14(12)23(20,21)18-11-13-5-3-8-19(13)15-17-7-9-22-15/h1-2,4,6-7,9,13,18H,3,5,8,11H2. The van der Waals surface area contributed by atoms with Crippen LogP contribution in [0.2, 0.25) is 0 Å². The van der Waals surface area contributed by atoms with Crippen LogP contribution in [0.5, 0.6) is 0 Å². The van der Waals surface area contributed by atoms with Crippen molar-refractivity contribution >= 4 is 26.5 Å². The van der Waals surface area contributed by atoms with Crippen LogP contribution in [0.3, 0.4) is 0 Å². The first-order valence-electron chi connectivity index (χ1n) is 7.27. The molecule has 1 atom stereocenters. The van der Waals surface area contributed by atoms with Gasteiger partial charge in [0.15, 0.2) is 5.13 Å². The van der Waals surface area contributed by atoms with Gasteiger partial charge in [0, 0.05) is 30.7 Å². The summed E-state index contributed by atoms with van der Waals surface area (Å²) in [6, 6.07) is 8.24. The van der Waals surface area contributed by atoms with Crippen LogP contribution in [-0.2, 0) is 10.0 Å². The van der Waals surface area contributed by atoms with Crippen LogP contribution in [0.25, 0.3) is 0 Å². The van der Waals surface area contributed by atoms with E-state index in [1.165, 1.54) is 12.1 Å². The fraction of sp³-hybridized carbons (Fsp3) is 0.333. The molecule has 1 N–H and O–H groups in total. The minimum atomic E-state index is -3.70. The van der Waals surface area contributed by atoms with Crippen molar-refractivity contribution in [3.05, 3.63) is 41.4 Å². The lowest BCUT2D eigenvalue weighted by molar-refractivity contribution is 0.567. The highest BCUT2D eigenvalue weighted by molar-refractivity contribution is 7.89. The first kappa shape index (κ1) is 15.9. The van der Waals surface area contributed by atoms with E-state index in [1.807, 2.05) is 11.4 Å². The minimum absolute atomic E-state index is 0.0290. The molecular weight excluding hydrogens is 332 g/mol. The lowest BCUT2D eigenvalue weighted by Gasteiger charge is -2.24. The zero-order valence-electron chi connectivity index (χ0n) is 12.3. The number of nitrogens with zero attached hydrogens (tertiary/aromatic N) is 3. The molecule has 2 aromatic rings. The van der Waals surface area contributed by atoms with Gasteiger partial charge in [0.1, 0.15) is 6.07 Å². The molecule has 1 aliphatic heterocycles. The van der Waals surface area contributed by atoms with Crippen molar-refractivity contribution in [3.63, 3.8) is 0 Å². The van der Waals surface area contributed by atoms with E-state index < -0.39 is 10.0 Å². The molecule has 0 saturated carbocycles. The maximum absolute atomic E-state index is 12.5. The summed E-state index contributed by atoms with van der Waals surface area (Å²) in [4.78, 5) is 6.47. The van der Waals surface area contributed by atoms with Gasteiger partial charge in [-0.3, -0.25) is 0 Å². The first-order valence-corrected chi connectivity index (χ1v) is 9.63. The van der Waals surface area contributed by atoms with Crippen LogP contribution in [0.15, 0.2) is 40.7 Å². The summed E-state index contributed by atoms with van der Waals surface area (Å²) in [5.41, 5.74) is 0.156. The molecule has 23 heavy (non-hydrogen) atoms. The minimum Gasteiger partial charge on any atom is -0.344 e. The van der Waals surface area contributed by atoms with E-state index in [1.54, 1.807) is 29.7 Å². The molecule has 1 aromatic carbocycles. The van der Waals surface area contributed by atoms with E-state index in [9.17, 15) is 8.42 Å². The van der Waals surface area contributed by atoms with Crippen LogP contribution in [0.1, 0.15) is 18.4 Å². The Hall–Kier alpha value is -1.95. The smallest absolute Gasteiger partial charge is 0.241 e. The molecule has 1 unspecified atom stereocenters. The van der Waals surface area contributed by atoms with Crippen molar-refractivity contribution in [3.8, 4) is 6.07 Å². The Bertz CT molecular complexity index is 812. The topological polar surface area (TPSA) is 86.1 Å².